The van der Waals surface area contributed by atoms with Gasteiger partial charge in [-0.05, 0) is 31.2 Å². The lowest BCUT2D eigenvalue weighted by Gasteiger charge is -2.28. The average molecular weight is 267 g/mol. The maximum atomic E-state index is 12.2. The molecule has 2 N–H and O–H groups in total. The first-order valence-corrected chi connectivity index (χ1v) is 7.45. The minimum Gasteiger partial charge on any atom is -0.306 e. The standard InChI is InChI=1S/C13H21N3OS/c1-8(2)10-7-18-13(15-10)16-12(17)11-9(3)5-4-6-14-11/h7-9,11,14H,4-6H2,1-3H3,(H,15,16,17). The van der Waals surface area contributed by atoms with Crippen LogP contribution in [0.3, 0.4) is 0 Å². The molecule has 2 atom stereocenters. The lowest BCUT2D eigenvalue weighted by atomic mass is 9.92. The molecule has 1 amide bonds. The molecule has 1 saturated heterocycles. The van der Waals surface area contributed by atoms with Gasteiger partial charge in [0.05, 0.1) is 11.7 Å². The number of thiazole rings is 1. The second-order valence-corrected chi connectivity index (χ2v) is 6.13. The third kappa shape index (κ3) is 3.09. The molecule has 100 valence electrons. The maximum Gasteiger partial charge on any atom is 0.243 e. The van der Waals surface area contributed by atoms with E-state index in [1.54, 1.807) is 0 Å². The summed E-state index contributed by atoms with van der Waals surface area (Å²) >= 11 is 1.50. The molecule has 1 fully saturated rings. The predicted molar refractivity (Wildman–Crippen MR) is 75.0 cm³/mol. The van der Waals surface area contributed by atoms with Gasteiger partial charge in [-0.15, -0.1) is 11.3 Å². The van der Waals surface area contributed by atoms with Crippen LogP contribution in [0.15, 0.2) is 5.38 Å². The second-order valence-electron chi connectivity index (χ2n) is 5.27. The normalized spacial score (nSPS) is 24.2. The Morgan fingerprint density at radius 1 is 1.61 bits per heavy atom. The van der Waals surface area contributed by atoms with E-state index in [1.807, 2.05) is 5.38 Å². The SMILES string of the molecule is CC(C)c1csc(NC(=O)C2NCCCC2C)n1. The van der Waals surface area contributed by atoms with Gasteiger partial charge < -0.3 is 10.6 Å². The fourth-order valence-electron chi connectivity index (χ4n) is 2.19. The molecule has 2 unspecified atom stereocenters. The van der Waals surface area contributed by atoms with Gasteiger partial charge in [0, 0.05) is 5.38 Å². The molecule has 2 heterocycles. The minimum absolute atomic E-state index is 0.0480. The number of rotatable bonds is 3. The van der Waals surface area contributed by atoms with Gasteiger partial charge in [0.25, 0.3) is 0 Å². The zero-order valence-electron chi connectivity index (χ0n) is 11.2. The second kappa shape index (κ2) is 5.80. The Morgan fingerprint density at radius 2 is 2.39 bits per heavy atom. The highest BCUT2D eigenvalue weighted by Crippen LogP contribution is 2.23. The van der Waals surface area contributed by atoms with E-state index in [1.165, 1.54) is 11.3 Å². The maximum absolute atomic E-state index is 12.2. The summed E-state index contributed by atoms with van der Waals surface area (Å²) in [5.41, 5.74) is 1.04. The highest BCUT2D eigenvalue weighted by molar-refractivity contribution is 7.13. The summed E-state index contributed by atoms with van der Waals surface area (Å²) in [6.07, 6.45) is 2.26. The molecule has 2 rings (SSSR count). The van der Waals surface area contributed by atoms with Crippen molar-refractivity contribution in [3.05, 3.63) is 11.1 Å². The minimum atomic E-state index is -0.0786. The van der Waals surface area contributed by atoms with Gasteiger partial charge in [0.15, 0.2) is 5.13 Å². The Morgan fingerprint density at radius 3 is 3.00 bits per heavy atom. The van der Waals surface area contributed by atoms with Crippen molar-refractivity contribution in [2.24, 2.45) is 5.92 Å². The summed E-state index contributed by atoms with van der Waals surface area (Å²) in [6.45, 7) is 7.26. The molecular formula is C13H21N3OS. The molecule has 0 spiro atoms. The first kappa shape index (κ1) is 13.5. The monoisotopic (exact) mass is 267 g/mol. The van der Waals surface area contributed by atoms with Crippen molar-refractivity contribution in [3.63, 3.8) is 0 Å². The van der Waals surface area contributed by atoms with Crippen molar-refractivity contribution >= 4 is 22.4 Å². The van der Waals surface area contributed by atoms with E-state index in [2.05, 4.69) is 36.4 Å². The van der Waals surface area contributed by atoms with E-state index in [4.69, 9.17) is 0 Å². The van der Waals surface area contributed by atoms with Crippen molar-refractivity contribution in [1.29, 1.82) is 0 Å². The van der Waals surface area contributed by atoms with Crippen LogP contribution in [0.5, 0.6) is 0 Å². The average Bonchev–Trinajstić information content (AvgIpc) is 2.78. The van der Waals surface area contributed by atoms with Gasteiger partial charge >= 0.3 is 0 Å². The van der Waals surface area contributed by atoms with Crippen LogP contribution < -0.4 is 10.6 Å². The summed E-state index contributed by atoms with van der Waals surface area (Å²) in [4.78, 5) is 16.6. The molecular weight excluding hydrogens is 246 g/mol. The zero-order chi connectivity index (χ0) is 13.1. The predicted octanol–water partition coefficient (Wildman–Crippen LogP) is 2.59. The number of aromatic nitrogens is 1. The molecule has 0 aromatic carbocycles. The Kier molecular flexibility index (Phi) is 4.35. The first-order chi connectivity index (χ1) is 8.58. The zero-order valence-corrected chi connectivity index (χ0v) is 12.0. The van der Waals surface area contributed by atoms with Gasteiger partial charge in [0.1, 0.15) is 0 Å². The molecule has 0 saturated carbocycles. The number of piperidine rings is 1. The van der Waals surface area contributed by atoms with Crippen molar-refractivity contribution in [2.75, 3.05) is 11.9 Å². The highest BCUT2D eigenvalue weighted by atomic mass is 32.1. The highest BCUT2D eigenvalue weighted by Gasteiger charge is 2.27. The van der Waals surface area contributed by atoms with Crippen LogP contribution in [0.1, 0.15) is 45.2 Å². The van der Waals surface area contributed by atoms with E-state index >= 15 is 0 Å². The first-order valence-electron chi connectivity index (χ1n) is 6.57. The number of hydrogen-bond donors (Lipinski definition) is 2. The number of amides is 1. The number of nitrogens with one attached hydrogen (secondary N) is 2. The van der Waals surface area contributed by atoms with Gasteiger partial charge in [-0.3, -0.25) is 4.79 Å². The Balaban J connectivity index is 1.97. The van der Waals surface area contributed by atoms with Gasteiger partial charge in [-0.1, -0.05) is 20.8 Å². The smallest absolute Gasteiger partial charge is 0.243 e. The van der Waals surface area contributed by atoms with Crippen molar-refractivity contribution in [3.8, 4) is 0 Å². The largest absolute Gasteiger partial charge is 0.306 e. The summed E-state index contributed by atoms with van der Waals surface area (Å²) in [5, 5.41) is 8.93. The topological polar surface area (TPSA) is 54.0 Å². The summed E-state index contributed by atoms with van der Waals surface area (Å²) < 4.78 is 0. The molecule has 1 aliphatic rings. The molecule has 5 heteroatoms. The molecule has 1 aromatic heterocycles. The lowest BCUT2D eigenvalue weighted by Crippen LogP contribution is -2.48. The van der Waals surface area contributed by atoms with E-state index in [9.17, 15) is 4.79 Å². The number of anilines is 1. The van der Waals surface area contributed by atoms with Crippen LogP contribution in [-0.4, -0.2) is 23.5 Å². The van der Waals surface area contributed by atoms with Crippen LogP contribution in [0, 0.1) is 5.92 Å². The van der Waals surface area contributed by atoms with Crippen LogP contribution in [0.4, 0.5) is 5.13 Å². The van der Waals surface area contributed by atoms with Crippen LogP contribution >= 0.6 is 11.3 Å². The molecule has 0 radical (unpaired) electrons. The summed E-state index contributed by atoms with van der Waals surface area (Å²) in [6, 6.07) is -0.0786. The summed E-state index contributed by atoms with van der Waals surface area (Å²) in [5.74, 6) is 0.841. The van der Waals surface area contributed by atoms with E-state index in [-0.39, 0.29) is 11.9 Å². The third-order valence-electron chi connectivity index (χ3n) is 3.40. The Labute approximate surface area is 112 Å². The number of hydrogen-bond acceptors (Lipinski definition) is 4. The van der Waals surface area contributed by atoms with Crippen LogP contribution in [-0.2, 0) is 4.79 Å². The van der Waals surface area contributed by atoms with Crippen LogP contribution in [0.25, 0.3) is 0 Å². The fourth-order valence-corrected chi connectivity index (χ4v) is 3.07. The molecule has 1 aliphatic heterocycles. The molecule has 0 aliphatic carbocycles. The Bertz CT molecular complexity index is 416. The molecule has 0 bridgehead atoms. The van der Waals surface area contributed by atoms with E-state index < -0.39 is 0 Å². The third-order valence-corrected chi connectivity index (χ3v) is 4.17. The Hall–Kier alpha value is -0.940. The van der Waals surface area contributed by atoms with Gasteiger partial charge in [-0.25, -0.2) is 4.98 Å². The number of carbonyl (C=O) groups excluding carboxylic acids is 1. The fraction of sp³-hybridized carbons (Fsp3) is 0.692. The summed E-state index contributed by atoms with van der Waals surface area (Å²) in [7, 11) is 0. The van der Waals surface area contributed by atoms with Gasteiger partial charge in [-0.2, -0.15) is 0 Å². The molecule has 4 nitrogen and oxygen atoms in total. The van der Waals surface area contributed by atoms with Crippen LogP contribution in [0.2, 0.25) is 0 Å². The number of carbonyl (C=O) groups is 1. The van der Waals surface area contributed by atoms with E-state index in [0.29, 0.717) is 17.0 Å². The van der Waals surface area contributed by atoms with Crippen molar-refractivity contribution < 1.29 is 4.79 Å². The van der Waals surface area contributed by atoms with E-state index in [0.717, 1.165) is 25.1 Å². The lowest BCUT2D eigenvalue weighted by molar-refractivity contribution is -0.119. The quantitative estimate of drug-likeness (QED) is 0.885. The van der Waals surface area contributed by atoms with Gasteiger partial charge in [0.2, 0.25) is 5.91 Å². The number of nitrogens with zero attached hydrogens (tertiary/aromatic N) is 1. The molecule has 18 heavy (non-hydrogen) atoms. The molecule has 1 aromatic rings. The van der Waals surface area contributed by atoms with Crippen molar-refractivity contribution in [2.45, 2.75) is 45.6 Å². The van der Waals surface area contributed by atoms with Crippen molar-refractivity contribution in [1.82, 2.24) is 10.3 Å².